The minimum atomic E-state index is 0.312. The van der Waals surface area contributed by atoms with Crippen molar-refractivity contribution in [2.45, 2.75) is 45.4 Å². The first-order valence-electron chi connectivity index (χ1n) is 6.10. The van der Waals surface area contributed by atoms with E-state index in [0.717, 1.165) is 24.7 Å². The van der Waals surface area contributed by atoms with Gasteiger partial charge in [-0.1, -0.05) is 20.3 Å². The standard InChI is InChI=1S/C12H21N3O/c1-12(2)7-4-5-9(12)11-15-14-10(16-11)6-8-13-3/h9,13H,4-8H2,1-3H3. The van der Waals surface area contributed by atoms with Gasteiger partial charge in [0.15, 0.2) is 0 Å². The van der Waals surface area contributed by atoms with Crippen LogP contribution in [0.2, 0.25) is 0 Å². The number of aromatic nitrogens is 2. The van der Waals surface area contributed by atoms with Crippen LogP contribution in [0.4, 0.5) is 0 Å². The molecule has 0 saturated heterocycles. The molecule has 2 rings (SSSR count). The van der Waals surface area contributed by atoms with Crippen LogP contribution >= 0.6 is 0 Å². The zero-order valence-corrected chi connectivity index (χ0v) is 10.4. The molecule has 1 N–H and O–H groups in total. The molecule has 1 aliphatic carbocycles. The van der Waals surface area contributed by atoms with Crippen LogP contribution in [0.1, 0.15) is 50.8 Å². The molecule has 16 heavy (non-hydrogen) atoms. The molecular weight excluding hydrogens is 202 g/mol. The monoisotopic (exact) mass is 223 g/mol. The lowest BCUT2D eigenvalue weighted by molar-refractivity contribution is 0.280. The van der Waals surface area contributed by atoms with Crippen molar-refractivity contribution in [1.29, 1.82) is 0 Å². The number of nitrogens with one attached hydrogen (secondary N) is 1. The number of rotatable bonds is 4. The Bertz CT molecular complexity index is 346. The van der Waals surface area contributed by atoms with Crippen molar-refractivity contribution in [2.24, 2.45) is 5.41 Å². The van der Waals surface area contributed by atoms with E-state index in [1.54, 1.807) is 0 Å². The van der Waals surface area contributed by atoms with E-state index in [4.69, 9.17) is 4.42 Å². The van der Waals surface area contributed by atoms with E-state index >= 15 is 0 Å². The van der Waals surface area contributed by atoms with E-state index in [9.17, 15) is 0 Å². The molecule has 0 aromatic carbocycles. The van der Waals surface area contributed by atoms with Gasteiger partial charge in [0.1, 0.15) is 0 Å². The van der Waals surface area contributed by atoms with Crippen molar-refractivity contribution in [3.8, 4) is 0 Å². The summed E-state index contributed by atoms with van der Waals surface area (Å²) in [6, 6.07) is 0. The Morgan fingerprint density at radius 2 is 2.25 bits per heavy atom. The molecule has 4 heteroatoms. The summed E-state index contributed by atoms with van der Waals surface area (Å²) in [5.74, 6) is 2.05. The first-order valence-corrected chi connectivity index (χ1v) is 6.10. The Labute approximate surface area is 96.8 Å². The third-order valence-corrected chi connectivity index (χ3v) is 3.63. The predicted molar refractivity (Wildman–Crippen MR) is 62.3 cm³/mol. The highest BCUT2D eigenvalue weighted by molar-refractivity contribution is 5.02. The second-order valence-corrected chi connectivity index (χ2v) is 5.32. The van der Waals surface area contributed by atoms with Crippen LogP contribution in [0.25, 0.3) is 0 Å². The summed E-state index contributed by atoms with van der Waals surface area (Å²) in [6.07, 6.45) is 4.52. The molecule has 4 nitrogen and oxygen atoms in total. The summed E-state index contributed by atoms with van der Waals surface area (Å²) in [5.41, 5.74) is 0.312. The number of likely N-dealkylation sites (N-methyl/N-ethyl adjacent to an activating group) is 1. The average Bonchev–Trinajstić information content (AvgIpc) is 2.81. The lowest BCUT2D eigenvalue weighted by Crippen LogP contribution is -2.15. The molecule has 1 aromatic heterocycles. The average molecular weight is 223 g/mol. The molecule has 0 amide bonds. The van der Waals surface area contributed by atoms with Crippen molar-refractivity contribution < 1.29 is 4.42 Å². The first kappa shape index (κ1) is 11.6. The molecule has 1 atom stereocenters. The van der Waals surface area contributed by atoms with Gasteiger partial charge < -0.3 is 9.73 Å². The smallest absolute Gasteiger partial charge is 0.220 e. The summed E-state index contributed by atoms with van der Waals surface area (Å²) >= 11 is 0. The Morgan fingerprint density at radius 3 is 2.88 bits per heavy atom. The summed E-state index contributed by atoms with van der Waals surface area (Å²) in [7, 11) is 1.93. The Morgan fingerprint density at radius 1 is 1.44 bits per heavy atom. The fraction of sp³-hybridized carbons (Fsp3) is 0.833. The third-order valence-electron chi connectivity index (χ3n) is 3.63. The molecule has 1 saturated carbocycles. The van der Waals surface area contributed by atoms with Gasteiger partial charge in [0.05, 0.1) is 0 Å². The molecule has 1 unspecified atom stereocenters. The maximum Gasteiger partial charge on any atom is 0.220 e. The van der Waals surface area contributed by atoms with Gasteiger partial charge >= 0.3 is 0 Å². The topological polar surface area (TPSA) is 51.0 Å². The lowest BCUT2D eigenvalue weighted by atomic mass is 9.82. The SMILES string of the molecule is CNCCc1nnc(C2CCCC2(C)C)o1. The molecule has 0 spiro atoms. The molecule has 1 aliphatic rings. The highest BCUT2D eigenvalue weighted by Crippen LogP contribution is 2.48. The first-order chi connectivity index (χ1) is 7.63. The van der Waals surface area contributed by atoms with E-state index in [-0.39, 0.29) is 0 Å². The zero-order chi connectivity index (χ0) is 11.6. The van der Waals surface area contributed by atoms with Gasteiger partial charge in [-0.15, -0.1) is 10.2 Å². The van der Waals surface area contributed by atoms with E-state index in [2.05, 4.69) is 29.4 Å². The van der Waals surface area contributed by atoms with Crippen LogP contribution in [0.3, 0.4) is 0 Å². The molecule has 0 bridgehead atoms. The highest BCUT2D eigenvalue weighted by Gasteiger charge is 2.38. The lowest BCUT2D eigenvalue weighted by Gasteiger charge is -2.23. The fourth-order valence-electron chi connectivity index (χ4n) is 2.52. The zero-order valence-electron chi connectivity index (χ0n) is 10.4. The molecule has 90 valence electrons. The number of hydrogen-bond acceptors (Lipinski definition) is 4. The maximum atomic E-state index is 5.74. The normalized spacial score (nSPS) is 23.8. The maximum absolute atomic E-state index is 5.74. The fourth-order valence-corrected chi connectivity index (χ4v) is 2.52. The van der Waals surface area contributed by atoms with Gasteiger partial charge in [0.2, 0.25) is 11.8 Å². The van der Waals surface area contributed by atoms with Gasteiger partial charge in [0, 0.05) is 18.9 Å². The summed E-state index contributed by atoms with van der Waals surface area (Å²) in [5, 5.41) is 11.4. The Balaban J connectivity index is 2.06. The van der Waals surface area contributed by atoms with Crippen molar-refractivity contribution in [2.75, 3.05) is 13.6 Å². The molecule has 1 fully saturated rings. The third kappa shape index (κ3) is 2.26. The van der Waals surface area contributed by atoms with Crippen molar-refractivity contribution in [1.82, 2.24) is 15.5 Å². The second kappa shape index (κ2) is 4.53. The van der Waals surface area contributed by atoms with E-state index in [0.29, 0.717) is 11.3 Å². The second-order valence-electron chi connectivity index (χ2n) is 5.32. The molecular formula is C12H21N3O. The number of hydrogen-bond donors (Lipinski definition) is 1. The molecule has 1 heterocycles. The minimum Gasteiger partial charge on any atom is -0.425 e. The Hall–Kier alpha value is -0.900. The van der Waals surface area contributed by atoms with Gasteiger partial charge in [-0.25, -0.2) is 0 Å². The van der Waals surface area contributed by atoms with Gasteiger partial charge in [-0.3, -0.25) is 0 Å². The summed E-state index contributed by atoms with van der Waals surface area (Å²) in [6.45, 7) is 5.47. The molecule has 0 radical (unpaired) electrons. The van der Waals surface area contributed by atoms with Gasteiger partial charge in [-0.2, -0.15) is 0 Å². The van der Waals surface area contributed by atoms with Crippen LogP contribution in [0.15, 0.2) is 4.42 Å². The largest absolute Gasteiger partial charge is 0.425 e. The Kier molecular flexibility index (Phi) is 3.28. The van der Waals surface area contributed by atoms with Crippen LogP contribution < -0.4 is 5.32 Å². The predicted octanol–water partition coefficient (Wildman–Crippen LogP) is 2.13. The highest BCUT2D eigenvalue weighted by atomic mass is 16.4. The summed E-state index contributed by atoms with van der Waals surface area (Å²) < 4.78 is 5.74. The van der Waals surface area contributed by atoms with Crippen molar-refractivity contribution in [3.05, 3.63) is 11.8 Å². The van der Waals surface area contributed by atoms with Crippen LogP contribution in [-0.2, 0) is 6.42 Å². The van der Waals surface area contributed by atoms with E-state index in [1.165, 1.54) is 19.3 Å². The van der Waals surface area contributed by atoms with E-state index in [1.807, 2.05) is 7.05 Å². The van der Waals surface area contributed by atoms with Gasteiger partial charge in [0.25, 0.3) is 0 Å². The minimum absolute atomic E-state index is 0.312. The van der Waals surface area contributed by atoms with Crippen LogP contribution in [0.5, 0.6) is 0 Å². The quantitative estimate of drug-likeness (QED) is 0.849. The number of nitrogens with zero attached hydrogens (tertiary/aromatic N) is 2. The molecule has 1 aromatic rings. The van der Waals surface area contributed by atoms with Crippen LogP contribution in [-0.4, -0.2) is 23.8 Å². The summed E-state index contributed by atoms with van der Waals surface area (Å²) in [4.78, 5) is 0. The van der Waals surface area contributed by atoms with Crippen molar-refractivity contribution >= 4 is 0 Å². The molecule has 0 aliphatic heterocycles. The van der Waals surface area contributed by atoms with E-state index < -0.39 is 0 Å². The van der Waals surface area contributed by atoms with Gasteiger partial charge in [-0.05, 0) is 25.3 Å². The van der Waals surface area contributed by atoms with Crippen molar-refractivity contribution in [3.63, 3.8) is 0 Å². The van der Waals surface area contributed by atoms with Crippen LogP contribution in [0, 0.1) is 5.41 Å².